The molecule has 6 nitrogen and oxygen atoms in total. The number of nitro groups is 1. The first-order valence-corrected chi connectivity index (χ1v) is 6.14. The largest absolute Gasteiger partial charge is 0.322 e. The van der Waals surface area contributed by atoms with E-state index in [1.54, 1.807) is 18.2 Å². The highest BCUT2D eigenvalue weighted by atomic mass is 35.5. The fourth-order valence-electron chi connectivity index (χ4n) is 1.67. The van der Waals surface area contributed by atoms with Crippen LogP contribution in [0, 0.1) is 21.4 Å². The fourth-order valence-corrected chi connectivity index (χ4v) is 1.92. The maximum atomic E-state index is 12.0. The lowest BCUT2D eigenvalue weighted by molar-refractivity contribution is -0.384. The van der Waals surface area contributed by atoms with Crippen molar-refractivity contribution in [3.63, 3.8) is 0 Å². The number of carbonyl (C=O) groups excluding carboxylic acids is 1. The summed E-state index contributed by atoms with van der Waals surface area (Å²) in [7, 11) is 0. The topological polar surface area (TPSA) is 96.0 Å². The van der Waals surface area contributed by atoms with Crippen LogP contribution < -0.4 is 5.32 Å². The summed E-state index contributed by atoms with van der Waals surface area (Å²) in [5.74, 6) is -0.470. The molecule has 0 saturated heterocycles. The maximum absolute atomic E-state index is 12.0. The minimum atomic E-state index is -0.625. The average Bonchev–Trinajstić information content (AvgIpc) is 2.46. The van der Waals surface area contributed by atoms with E-state index in [1.165, 1.54) is 24.3 Å². The van der Waals surface area contributed by atoms with Gasteiger partial charge in [-0.25, -0.2) is 0 Å². The highest BCUT2D eigenvalue weighted by Crippen LogP contribution is 2.25. The Morgan fingerprint density at radius 3 is 2.67 bits per heavy atom. The predicted molar refractivity (Wildman–Crippen MR) is 77.2 cm³/mol. The second-order valence-electron chi connectivity index (χ2n) is 4.07. The lowest BCUT2D eigenvalue weighted by atomic mass is 10.1. The van der Waals surface area contributed by atoms with Crippen molar-refractivity contribution in [1.82, 2.24) is 0 Å². The Morgan fingerprint density at radius 1 is 1.29 bits per heavy atom. The molecule has 0 aliphatic heterocycles. The van der Waals surface area contributed by atoms with Crippen LogP contribution in [0.4, 0.5) is 11.4 Å². The third-order valence-electron chi connectivity index (χ3n) is 2.66. The fraction of sp³-hybridized carbons (Fsp3) is 0. The SMILES string of the molecule is N#Cc1cccc(NC(=O)c2ccc([N+](=O)[O-])c(Cl)c2)c1. The number of benzene rings is 2. The first kappa shape index (κ1) is 14.5. The number of nitriles is 1. The Kier molecular flexibility index (Phi) is 4.16. The lowest BCUT2D eigenvalue weighted by Gasteiger charge is -2.06. The van der Waals surface area contributed by atoms with Crippen LogP contribution in [0.15, 0.2) is 42.5 Å². The number of nitro benzene ring substituents is 1. The van der Waals surface area contributed by atoms with Gasteiger partial charge in [0.2, 0.25) is 0 Å². The molecule has 0 fully saturated rings. The summed E-state index contributed by atoms with van der Waals surface area (Å²) in [6, 6.07) is 12.1. The quantitative estimate of drug-likeness (QED) is 0.694. The van der Waals surface area contributed by atoms with Crippen LogP contribution in [0.3, 0.4) is 0 Å². The van der Waals surface area contributed by atoms with Crippen molar-refractivity contribution < 1.29 is 9.72 Å². The van der Waals surface area contributed by atoms with Crippen LogP contribution in [-0.2, 0) is 0 Å². The van der Waals surface area contributed by atoms with E-state index in [-0.39, 0.29) is 16.3 Å². The monoisotopic (exact) mass is 301 g/mol. The lowest BCUT2D eigenvalue weighted by Crippen LogP contribution is -2.12. The normalized spacial score (nSPS) is 9.71. The molecule has 0 aromatic heterocycles. The third-order valence-corrected chi connectivity index (χ3v) is 2.96. The number of nitrogens with one attached hydrogen (secondary N) is 1. The molecule has 1 amide bonds. The maximum Gasteiger partial charge on any atom is 0.287 e. The van der Waals surface area contributed by atoms with Gasteiger partial charge in [0.25, 0.3) is 11.6 Å². The van der Waals surface area contributed by atoms with Crippen molar-refractivity contribution in [2.75, 3.05) is 5.32 Å². The van der Waals surface area contributed by atoms with Gasteiger partial charge >= 0.3 is 0 Å². The summed E-state index contributed by atoms with van der Waals surface area (Å²) >= 11 is 5.75. The molecule has 7 heteroatoms. The van der Waals surface area contributed by atoms with Crippen molar-refractivity contribution >= 4 is 28.9 Å². The number of anilines is 1. The second kappa shape index (κ2) is 6.03. The Morgan fingerprint density at radius 2 is 2.05 bits per heavy atom. The van der Waals surface area contributed by atoms with Gasteiger partial charge in [-0.05, 0) is 30.3 Å². The zero-order chi connectivity index (χ0) is 15.4. The van der Waals surface area contributed by atoms with Gasteiger partial charge in [0.1, 0.15) is 5.02 Å². The molecule has 0 aliphatic carbocycles. The molecule has 0 atom stereocenters. The van der Waals surface area contributed by atoms with Crippen molar-refractivity contribution in [3.8, 4) is 6.07 Å². The summed E-state index contributed by atoms with van der Waals surface area (Å²) < 4.78 is 0. The number of hydrogen-bond acceptors (Lipinski definition) is 4. The minimum Gasteiger partial charge on any atom is -0.322 e. The summed E-state index contributed by atoms with van der Waals surface area (Å²) in [4.78, 5) is 22.1. The number of hydrogen-bond donors (Lipinski definition) is 1. The summed E-state index contributed by atoms with van der Waals surface area (Å²) in [6.45, 7) is 0. The highest BCUT2D eigenvalue weighted by molar-refractivity contribution is 6.33. The van der Waals surface area contributed by atoms with Gasteiger partial charge in [-0.15, -0.1) is 0 Å². The van der Waals surface area contributed by atoms with Crippen molar-refractivity contribution in [3.05, 3.63) is 68.7 Å². The zero-order valence-electron chi connectivity index (χ0n) is 10.5. The van der Waals surface area contributed by atoms with Gasteiger partial charge in [-0.2, -0.15) is 5.26 Å². The molecule has 0 radical (unpaired) electrons. The van der Waals surface area contributed by atoms with Gasteiger partial charge < -0.3 is 5.32 Å². The van der Waals surface area contributed by atoms with Crippen LogP contribution >= 0.6 is 11.6 Å². The molecule has 0 spiro atoms. The molecule has 104 valence electrons. The van der Waals surface area contributed by atoms with Gasteiger partial charge in [-0.3, -0.25) is 14.9 Å². The van der Waals surface area contributed by atoms with Gasteiger partial charge in [-0.1, -0.05) is 17.7 Å². The number of carbonyl (C=O) groups is 1. The van der Waals surface area contributed by atoms with E-state index < -0.39 is 10.8 Å². The van der Waals surface area contributed by atoms with E-state index in [0.29, 0.717) is 11.3 Å². The van der Waals surface area contributed by atoms with E-state index in [4.69, 9.17) is 16.9 Å². The molecule has 21 heavy (non-hydrogen) atoms. The molecule has 2 aromatic carbocycles. The van der Waals surface area contributed by atoms with Crippen molar-refractivity contribution in [2.45, 2.75) is 0 Å². The molecule has 0 saturated carbocycles. The van der Waals surface area contributed by atoms with Crippen molar-refractivity contribution in [1.29, 1.82) is 5.26 Å². The Bertz CT molecular complexity index is 768. The van der Waals surface area contributed by atoms with Crippen LogP contribution in [-0.4, -0.2) is 10.8 Å². The van der Waals surface area contributed by atoms with Crippen molar-refractivity contribution in [2.24, 2.45) is 0 Å². The Hall–Kier alpha value is -2.91. The van der Waals surface area contributed by atoms with Gasteiger partial charge in [0.15, 0.2) is 0 Å². The molecule has 0 bridgehead atoms. The molecule has 0 unspecified atom stereocenters. The first-order valence-electron chi connectivity index (χ1n) is 5.76. The van der Waals surface area contributed by atoms with Crippen LogP contribution in [0.25, 0.3) is 0 Å². The van der Waals surface area contributed by atoms with E-state index in [0.717, 1.165) is 0 Å². The van der Waals surface area contributed by atoms with Crippen LogP contribution in [0.1, 0.15) is 15.9 Å². The minimum absolute atomic E-state index is 0.113. The Labute approximate surface area is 124 Å². The smallest absolute Gasteiger partial charge is 0.287 e. The van der Waals surface area contributed by atoms with Gasteiger partial charge in [0.05, 0.1) is 16.6 Å². The summed E-state index contributed by atoms with van der Waals surface area (Å²) in [5.41, 5.74) is 0.788. The number of amides is 1. The second-order valence-corrected chi connectivity index (χ2v) is 4.48. The predicted octanol–water partition coefficient (Wildman–Crippen LogP) is 3.37. The molecule has 2 rings (SSSR count). The van der Waals surface area contributed by atoms with Gasteiger partial charge in [0, 0.05) is 17.3 Å². The molecular weight excluding hydrogens is 294 g/mol. The molecule has 2 aromatic rings. The van der Waals surface area contributed by atoms with Crippen LogP contribution in [0.5, 0.6) is 0 Å². The average molecular weight is 302 g/mol. The summed E-state index contributed by atoms with van der Waals surface area (Å²) in [6.07, 6.45) is 0. The standard InChI is InChI=1S/C14H8ClN3O3/c15-12-7-10(4-5-13(12)18(20)21)14(19)17-11-3-1-2-9(6-11)8-16/h1-7H,(H,17,19). The summed E-state index contributed by atoms with van der Waals surface area (Å²) in [5, 5.41) is 21.9. The van der Waals surface area contributed by atoms with E-state index >= 15 is 0 Å². The molecule has 0 heterocycles. The van der Waals surface area contributed by atoms with E-state index in [2.05, 4.69) is 5.32 Å². The van der Waals surface area contributed by atoms with E-state index in [1.807, 2.05) is 6.07 Å². The van der Waals surface area contributed by atoms with E-state index in [9.17, 15) is 14.9 Å². The highest BCUT2D eigenvalue weighted by Gasteiger charge is 2.15. The number of rotatable bonds is 3. The van der Waals surface area contributed by atoms with Crippen LogP contribution in [0.2, 0.25) is 5.02 Å². The number of halogens is 1. The zero-order valence-corrected chi connectivity index (χ0v) is 11.3. The number of nitrogens with zero attached hydrogens (tertiary/aromatic N) is 2. The molecule has 1 N–H and O–H groups in total. The molecular formula is C14H8ClN3O3. The molecule has 0 aliphatic rings. The third kappa shape index (κ3) is 3.35. The Balaban J connectivity index is 2.22. The first-order chi connectivity index (χ1) is 10.0.